The number of hydrogen-bond acceptors (Lipinski definition) is 6. The summed E-state index contributed by atoms with van der Waals surface area (Å²) in [5.74, 6) is -0.940. The highest BCUT2D eigenvalue weighted by atomic mass is 16.6. The van der Waals surface area contributed by atoms with Gasteiger partial charge in [-0.15, -0.1) is 0 Å². The van der Waals surface area contributed by atoms with Gasteiger partial charge in [0.2, 0.25) is 0 Å². The number of carbonyl (C=O) groups excluding carboxylic acids is 3. The van der Waals surface area contributed by atoms with Crippen molar-refractivity contribution in [1.82, 2.24) is 0 Å². The van der Waals surface area contributed by atoms with Crippen LogP contribution in [0.25, 0.3) is 0 Å². The summed E-state index contributed by atoms with van der Waals surface area (Å²) in [5, 5.41) is 0. The van der Waals surface area contributed by atoms with Crippen LogP contribution in [0.3, 0.4) is 0 Å². The van der Waals surface area contributed by atoms with Gasteiger partial charge in [0.05, 0.1) is 0 Å². The maximum Gasteiger partial charge on any atom is 0.306 e. The summed E-state index contributed by atoms with van der Waals surface area (Å²) in [6, 6.07) is 0. The lowest BCUT2D eigenvalue weighted by Gasteiger charge is -2.18. The van der Waals surface area contributed by atoms with Crippen LogP contribution in [0.15, 0.2) is 122 Å². The zero-order valence-electron chi connectivity index (χ0n) is 53.0. The minimum absolute atomic E-state index is 0.0953. The lowest BCUT2D eigenvalue weighted by molar-refractivity contribution is -0.167. The topological polar surface area (TPSA) is 78.9 Å². The molecule has 0 spiro atoms. The van der Waals surface area contributed by atoms with Crippen molar-refractivity contribution in [2.24, 2.45) is 0 Å². The molecule has 0 radical (unpaired) electrons. The molecule has 0 aliphatic rings. The molecule has 1 unspecified atom stereocenters. The molecule has 0 heterocycles. The zero-order chi connectivity index (χ0) is 58.5. The van der Waals surface area contributed by atoms with Gasteiger partial charge in [-0.2, -0.15) is 0 Å². The molecule has 6 heteroatoms. The van der Waals surface area contributed by atoms with Crippen LogP contribution in [-0.2, 0) is 28.6 Å². The number of carbonyl (C=O) groups is 3. The number of rotatable bonds is 61. The Kier molecular flexibility index (Phi) is 64.8. The fourth-order valence-corrected chi connectivity index (χ4v) is 9.37. The molecule has 0 rings (SSSR count). The van der Waals surface area contributed by atoms with E-state index in [2.05, 4.69) is 142 Å². The summed E-state index contributed by atoms with van der Waals surface area (Å²) in [5.41, 5.74) is 0. The molecular weight excluding hydrogens is 997 g/mol. The molecular formula is C75H126O6. The Morgan fingerprint density at radius 3 is 0.778 bits per heavy atom. The lowest BCUT2D eigenvalue weighted by Crippen LogP contribution is -2.30. The van der Waals surface area contributed by atoms with E-state index in [4.69, 9.17) is 14.2 Å². The van der Waals surface area contributed by atoms with E-state index >= 15 is 0 Å². The van der Waals surface area contributed by atoms with E-state index in [-0.39, 0.29) is 37.5 Å². The minimum atomic E-state index is -0.802. The Labute approximate surface area is 501 Å². The zero-order valence-corrected chi connectivity index (χ0v) is 53.0. The van der Waals surface area contributed by atoms with Crippen molar-refractivity contribution in [2.75, 3.05) is 13.2 Å². The van der Waals surface area contributed by atoms with Crippen molar-refractivity contribution >= 4 is 17.9 Å². The smallest absolute Gasteiger partial charge is 0.306 e. The summed E-state index contributed by atoms with van der Waals surface area (Å²) in [4.78, 5) is 38.1. The van der Waals surface area contributed by atoms with Crippen molar-refractivity contribution in [3.05, 3.63) is 122 Å². The van der Waals surface area contributed by atoms with E-state index in [1.165, 1.54) is 161 Å². The van der Waals surface area contributed by atoms with Crippen LogP contribution in [0.4, 0.5) is 0 Å². The van der Waals surface area contributed by atoms with E-state index < -0.39 is 6.10 Å². The summed E-state index contributed by atoms with van der Waals surface area (Å²) >= 11 is 0. The maximum atomic E-state index is 12.9. The van der Waals surface area contributed by atoms with E-state index in [1.807, 2.05) is 0 Å². The molecule has 0 aromatic carbocycles. The monoisotopic (exact) mass is 1120 g/mol. The first kappa shape index (κ1) is 76.8. The molecule has 0 aromatic rings. The van der Waals surface area contributed by atoms with E-state index in [9.17, 15) is 14.4 Å². The van der Waals surface area contributed by atoms with Crippen molar-refractivity contribution < 1.29 is 28.6 Å². The van der Waals surface area contributed by atoms with Gasteiger partial charge in [0.25, 0.3) is 0 Å². The van der Waals surface area contributed by atoms with Gasteiger partial charge >= 0.3 is 17.9 Å². The molecule has 6 nitrogen and oxygen atoms in total. The predicted molar refractivity (Wildman–Crippen MR) is 353 cm³/mol. The molecule has 0 N–H and O–H groups in total. The molecule has 0 fully saturated rings. The maximum absolute atomic E-state index is 12.9. The third-order valence-electron chi connectivity index (χ3n) is 14.5. The van der Waals surface area contributed by atoms with Crippen molar-refractivity contribution in [3.63, 3.8) is 0 Å². The third kappa shape index (κ3) is 66.5. The van der Waals surface area contributed by atoms with Crippen molar-refractivity contribution in [3.8, 4) is 0 Å². The highest BCUT2D eigenvalue weighted by Crippen LogP contribution is 2.16. The van der Waals surface area contributed by atoms with Crippen LogP contribution >= 0.6 is 0 Å². The van der Waals surface area contributed by atoms with E-state index in [0.29, 0.717) is 19.3 Å². The van der Waals surface area contributed by atoms with Crippen molar-refractivity contribution in [2.45, 2.75) is 322 Å². The van der Waals surface area contributed by atoms with E-state index in [1.54, 1.807) is 0 Å². The van der Waals surface area contributed by atoms with Crippen LogP contribution in [0, 0.1) is 0 Å². The summed E-state index contributed by atoms with van der Waals surface area (Å²) < 4.78 is 16.8. The number of unbranched alkanes of at least 4 members (excludes halogenated alkanes) is 30. The average Bonchev–Trinajstić information content (AvgIpc) is 3.46. The minimum Gasteiger partial charge on any atom is -0.462 e. The Morgan fingerprint density at radius 1 is 0.259 bits per heavy atom. The summed E-state index contributed by atoms with van der Waals surface area (Å²) in [7, 11) is 0. The Morgan fingerprint density at radius 2 is 0.481 bits per heavy atom. The number of ether oxygens (including phenoxy) is 3. The van der Waals surface area contributed by atoms with Crippen LogP contribution in [0.2, 0.25) is 0 Å². The standard InChI is InChI=1S/C75H126O6/c1-4-7-10-13-16-18-20-22-24-26-28-30-32-34-36-37-39-40-42-44-46-48-50-52-54-56-59-62-65-68-74(77)80-71-72(70-79-73(76)67-64-61-58-15-12-9-6-3)81-75(78)69-66-63-60-57-55-53-51-49-47-45-43-41-38-35-33-31-29-27-25-23-21-19-17-14-11-8-5-2/h8,11,17,19-20,22-23,25-26,28-29,31,35,38,43,45,49,51,55,57,72H,4-7,9-10,12-16,18,21,24,27,30,32-34,36-37,39-42,44,46-48,50,52-54,56,58-71H2,1-3H3/b11-8-,19-17-,22-20-,25-23-,28-26-,31-29-,38-35-,45-43-,51-49-,57-55-. The first-order chi connectivity index (χ1) is 40.0. The molecule has 1 atom stereocenters. The SMILES string of the molecule is CC/C=C\C/C=C\C/C=C\C/C=C\C/C=C\C/C=C\C/C=C\C/C=C\CCCCC(=O)OC(COC(=O)CCCCCCCCC)COC(=O)CCCCCCCCCCCCCCCCCCC/C=C\C/C=C\CCCCCCC. The van der Waals surface area contributed by atoms with Gasteiger partial charge in [0, 0.05) is 19.3 Å². The Bertz CT molecular complexity index is 1670. The molecule has 0 aromatic heterocycles. The summed E-state index contributed by atoms with van der Waals surface area (Å²) in [6.07, 6.45) is 95.4. The van der Waals surface area contributed by atoms with Gasteiger partial charge in [-0.1, -0.05) is 303 Å². The second-order valence-electron chi connectivity index (χ2n) is 22.4. The third-order valence-corrected chi connectivity index (χ3v) is 14.5. The van der Waals surface area contributed by atoms with Crippen LogP contribution < -0.4 is 0 Å². The van der Waals surface area contributed by atoms with Gasteiger partial charge in [0.1, 0.15) is 13.2 Å². The highest BCUT2D eigenvalue weighted by molar-refractivity contribution is 5.71. The molecule has 0 amide bonds. The highest BCUT2D eigenvalue weighted by Gasteiger charge is 2.19. The van der Waals surface area contributed by atoms with Crippen LogP contribution in [-0.4, -0.2) is 37.2 Å². The Hall–Kier alpha value is -4.19. The van der Waals surface area contributed by atoms with Crippen LogP contribution in [0.1, 0.15) is 316 Å². The van der Waals surface area contributed by atoms with Crippen molar-refractivity contribution in [1.29, 1.82) is 0 Å². The largest absolute Gasteiger partial charge is 0.462 e. The average molecular weight is 1120 g/mol. The second-order valence-corrected chi connectivity index (χ2v) is 22.4. The molecule has 0 saturated carbocycles. The molecule has 0 aliphatic carbocycles. The fraction of sp³-hybridized carbons (Fsp3) is 0.693. The number of hydrogen-bond donors (Lipinski definition) is 0. The quantitative estimate of drug-likeness (QED) is 0.0261. The number of esters is 3. The van der Waals surface area contributed by atoms with Gasteiger partial charge in [-0.25, -0.2) is 0 Å². The van der Waals surface area contributed by atoms with Gasteiger partial charge in [0.15, 0.2) is 6.10 Å². The van der Waals surface area contributed by atoms with E-state index in [0.717, 1.165) is 109 Å². The van der Waals surface area contributed by atoms with Gasteiger partial charge < -0.3 is 14.2 Å². The molecule has 0 saturated heterocycles. The normalized spacial score (nSPS) is 12.9. The first-order valence-electron chi connectivity index (χ1n) is 34.0. The number of allylic oxidation sites excluding steroid dienone is 20. The lowest BCUT2D eigenvalue weighted by atomic mass is 10.0. The first-order valence-corrected chi connectivity index (χ1v) is 34.0. The molecule has 0 aliphatic heterocycles. The molecule has 462 valence electrons. The fourth-order valence-electron chi connectivity index (χ4n) is 9.37. The van der Waals surface area contributed by atoms with Crippen LogP contribution in [0.5, 0.6) is 0 Å². The molecule has 0 bridgehead atoms. The van der Waals surface area contributed by atoms with Gasteiger partial charge in [-0.3, -0.25) is 14.4 Å². The summed E-state index contributed by atoms with van der Waals surface area (Å²) in [6.45, 7) is 6.46. The second kappa shape index (κ2) is 68.3. The van der Waals surface area contributed by atoms with Gasteiger partial charge in [-0.05, 0) is 116 Å². The predicted octanol–water partition coefficient (Wildman–Crippen LogP) is 23.6. The Balaban J connectivity index is 4.18. The molecule has 81 heavy (non-hydrogen) atoms.